The van der Waals surface area contributed by atoms with Crippen LogP contribution in [0.25, 0.3) is 101 Å². The molecule has 1 aliphatic carbocycles. The smallest absolute Gasteiger partial charge is 0.0991 e. The number of para-hydroxylation sites is 1. The van der Waals surface area contributed by atoms with Gasteiger partial charge in [-0.15, -0.1) is 22.7 Å². The van der Waals surface area contributed by atoms with E-state index in [9.17, 15) is 5.26 Å². The Kier molecular flexibility index (Phi) is 10.1. The van der Waals surface area contributed by atoms with E-state index < -0.39 is 5.41 Å². The van der Waals surface area contributed by atoms with Gasteiger partial charge in [0.1, 0.15) is 0 Å². The predicted octanol–water partition coefficient (Wildman–Crippen LogP) is 18.7. The third kappa shape index (κ3) is 6.70. The molecule has 2 atom stereocenters. The number of hydrogen-bond donors (Lipinski definition) is 1. The Morgan fingerprint density at radius 2 is 1.14 bits per heavy atom. The van der Waals surface area contributed by atoms with E-state index in [0.29, 0.717) is 5.56 Å². The lowest BCUT2D eigenvalue weighted by Crippen LogP contribution is -2.29. The Bertz CT molecular complexity index is 4270. The number of aromatic nitrogens is 1. The number of thiophene rings is 2. The normalized spacial score (nSPS) is 14.4. The third-order valence-electron chi connectivity index (χ3n) is 15.4. The average Bonchev–Trinajstić information content (AvgIpc) is 4.06. The van der Waals surface area contributed by atoms with Crippen LogP contribution in [0.2, 0.25) is 0 Å². The molecule has 350 valence electrons. The van der Waals surface area contributed by atoms with Crippen LogP contribution in [0.4, 0.5) is 0 Å². The Balaban J connectivity index is 1.34. The number of nitriles is 1. The van der Waals surface area contributed by atoms with Gasteiger partial charge in [-0.25, -0.2) is 0 Å². The lowest BCUT2D eigenvalue weighted by molar-refractivity contribution is 0.547. The number of rotatable bonds is 5. The van der Waals surface area contributed by atoms with Crippen molar-refractivity contribution in [2.75, 3.05) is 0 Å². The van der Waals surface area contributed by atoms with Crippen molar-refractivity contribution in [2.24, 2.45) is 5.73 Å². The van der Waals surface area contributed by atoms with Gasteiger partial charge in [0, 0.05) is 74.2 Å². The summed E-state index contributed by atoms with van der Waals surface area (Å²) in [6, 6.07) is 65.4. The Labute approximate surface area is 429 Å². The van der Waals surface area contributed by atoms with Gasteiger partial charge in [0.2, 0.25) is 0 Å². The van der Waals surface area contributed by atoms with Gasteiger partial charge in [0.05, 0.1) is 28.4 Å². The molecule has 0 aliphatic heterocycles. The van der Waals surface area contributed by atoms with Gasteiger partial charge in [0.15, 0.2) is 0 Å². The number of benzene rings is 9. The monoisotopic (exact) mass is 965 g/mol. The molecule has 0 saturated carbocycles. The Morgan fingerprint density at radius 1 is 0.556 bits per heavy atom. The number of nitrogens with zero attached hydrogens (tertiary/aromatic N) is 2. The van der Waals surface area contributed by atoms with Crippen LogP contribution in [-0.2, 0) is 17.3 Å². The third-order valence-corrected chi connectivity index (χ3v) is 17.7. The van der Waals surface area contributed by atoms with Crippen LogP contribution < -0.4 is 5.73 Å². The molecule has 5 heteroatoms. The van der Waals surface area contributed by atoms with E-state index in [4.69, 9.17) is 5.73 Å². The highest BCUT2D eigenvalue weighted by molar-refractivity contribution is 7.26. The van der Waals surface area contributed by atoms with Crippen molar-refractivity contribution >= 4 is 84.8 Å². The summed E-state index contributed by atoms with van der Waals surface area (Å²) < 4.78 is 7.80. The standard InChI is InChI=1S/C67H55N3S2/c1-38(69)40-20-17-22-43(35-40)57-63(67(5,6)7)61(50-36-41-19-8-9-23-44(41)46-30-32-54-59(58(46)50)48-25-11-14-28-52(48)71-54)62(66(2,3)4)56(42-21-16-18-39(34-42)37-68)65(57)70-51-27-13-10-24-45(51)47-31-33-55-60(64(47)70)49-26-12-15-29-53(49)72-55/h8-35,38,50H,36,69H2,1-7H3. The molecule has 2 unspecified atom stereocenters. The van der Waals surface area contributed by atoms with Crippen molar-refractivity contribution in [2.45, 2.75) is 77.7 Å². The molecular weight excluding hydrogens is 911 g/mol. The molecule has 12 aromatic rings. The second kappa shape index (κ2) is 16.4. The van der Waals surface area contributed by atoms with Crippen LogP contribution in [-0.4, -0.2) is 4.57 Å². The van der Waals surface area contributed by atoms with E-state index in [-0.39, 0.29) is 17.4 Å². The van der Waals surface area contributed by atoms with Crippen LogP contribution in [0, 0.1) is 11.3 Å². The van der Waals surface area contributed by atoms with Crippen molar-refractivity contribution in [3.8, 4) is 45.1 Å². The van der Waals surface area contributed by atoms with Gasteiger partial charge in [0.25, 0.3) is 0 Å². The van der Waals surface area contributed by atoms with E-state index >= 15 is 0 Å². The minimum absolute atomic E-state index is 0.0342. The first-order chi connectivity index (χ1) is 34.8. The van der Waals surface area contributed by atoms with Gasteiger partial charge < -0.3 is 10.3 Å². The molecule has 3 heterocycles. The first-order valence-electron chi connectivity index (χ1n) is 25.3. The number of fused-ring (bicyclic) bond motifs is 14. The molecular formula is C67H55N3S2. The van der Waals surface area contributed by atoms with E-state index in [2.05, 4.69) is 223 Å². The summed E-state index contributed by atoms with van der Waals surface area (Å²) in [5, 5.41) is 18.4. The second-order valence-corrected chi connectivity index (χ2v) is 24.2. The fourth-order valence-corrected chi connectivity index (χ4v) is 14.9. The lowest BCUT2D eigenvalue weighted by Gasteiger charge is -2.42. The van der Waals surface area contributed by atoms with Crippen LogP contribution in [0.1, 0.15) is 99.4 Å². The van der Waals surface area contributed by atoms with Crippen LogP contribution in [0.5, 0.6) is 0 Å². The molecule has 1 aliphatic rings. The lowest BCUT2D eigenvalue weighted by atomic mass is 9.63. The van der Waals surface area contributed by atoms with Gasteiger partial charge in [-0.05, 0) is 128 Å². The van der Waals surface area contributed by atoms with Gasteiger partial charge in [-0.1, -0.05) is 163 Å². The number of nitrogens with two attached hydrogens (primary N) is 1. The summed E-state index contributed by atoms with van der Waals surface area (Å²) in [5.74, 6) is -0.0342. The van der Waals surface area contributed by atoms with E-state index in [0.717, 1.165) is 39.9 Å². The highest BCUT2D eigenvalue weighted by atomic mass is 32.1. The zero-order chi connectivity index (χ0) is 49.4. The summed E-state index contributed by atoms with van der Waals surface area (Å²) in [4.78, 5) is 0. The van der Waals surface area contributed by atoms with E-state index in [1.807, 2.05) is 28.7 Å². The highest BCUT2D eigenvalue weighted by Crippen LogP contribution is 2.59. The molecule has 0 bridgehead atoms. The van der Waals surface area contributed by atoms with Crippen LogP contribution in [0.15, 0.2) is 170 Å². The molecule has 0 fully saturated rings. The zero-order valence-corrected chi connectivity index (χ0v) is 43.4. The molecule has 2 N–H and O–H groups in total. The Morgan fingerprint density at radius 3 is 1.82 bits per heavy atom. The van der Waals surface area contributed by atoms with Gasteiger partial charge in [-0.2, -0.15) is 5.26 Å². The first-order valence-corrected chi connectivity index (χ1v) is 26.9. The van der Waals surface area contributed by atoms with E-state index in [1.165, 1.54) is 101 Å². The quantitative estimate of drug-likeness (QED) is 0.187. The summed E-state index contributed by atoms with van der Waals surface area (Å²) in [6.07, 6.45) is 0.839. The summed E-state index contributed by atoms with van der Waals surface area (Å²) in [6.45, 7) is 16.7. The van der Waals surface area contributed by atoms with Crippen LogP contribution >= 0.6 is 22.7 Å². The maximum atomic E-state index is 10.8. The molecule has 13 rings (SSSR count). The fourth-order valence-electron chi connectivity index (χ4n) is 12.6. The largest absolute Gasteiger partial charge is 0.324 e. The molecule has 0 saturated heterocycles. The molecule has 3 aromatic heterocycles. The SMILES string of the molecule is CC(N)c1cccc(-c2c(-n3c4ccccc4c4ccc5sc6ccccc6c5c43)c(-c3cccc(C#N)c3)c(C(C)(C)C)c(C3Cc4ccccc4-c4ccc5sc6ccccc6c5c43)c2C(C)(C)C)c1. The predicted molar refractivity (Wildman–Crippen MR) is 310 cm³/mol. The maximum absolute atomic E-state index is 10.8. The van der Waals surface area contributed by atoms with Crippen molar-refractivity contribution in [3.63, 3.8) is 0 Å². The Hall–Kier alpha value is -7.33. The topological polar surface area (TPSA) is 54.7 Å². The highest BCUT2D eigenvalue weighted by Gasteiger charge is 2.42. The molecule has 3 nitrogen and oxygen atoms in total. The minimum atomic E-state index is -0.404. The van der Waals surface area contributed by atoms with Gasteiger partial charge in [-0.3, -0.25) is 0 Å². The maximum Gasteiger partial charge on any atom is 0.0991 e. The second-order valence-electron chi connectivity index (χ2n) is 22.1. The molecule has 9 aromatic carbocycles. The number of hydrogen-bond acceptors (Lipinski definition) is 4. The average molecular weight is 966 g/mol. The van der Waals surface area contributed by atoms with Crippen molar-refractivity contribution in [3.05, 3.63) is 209 Å². The van der Waals surface area contributed by atoms with Crippen molar-refractivity contribution in [1.82, 2.24) is 4.57 Å². The summed E-state index contributed by atoms with van der Waals surface area (Å²) >= 11 is 3.77. The molecule has 72 heavy (non-hydrogen) atoms. The van der Waals surface area contributed by atoms with Crippen LogP contribution in [0.3, 0.4) is 0 Å². The minimum Gasteiger partial charge on any atom is -0.324 e. The molecule has 0 radical (unpaired) electrons. The van der Waals surface area contributed by atoms with Crippen molar-refractivity contribution in [1.29, 1.82) is 5.26 Å². The molecule has 0 amide bonds. The fraction of sp³-hybridized carbons (Fsp3) is 0.179. The van der Waals surface area contributed by atoms with Crippen molar-refractivity contribution < 1.29 is 0 Å². The van der Waals surface area contributed by atoms with Gasteiger partial charge >= 0.3 is 0 Å². The van der Waals surface area contributed by atoms with E-state index in [1.54, 1.807) is 0 Å². The summed E-state index contributed by atoms with van der Waals surface area (Å²) in [5.41, 5.74) is 25.3. The first kappa shape index (κ1) is 44.6. The summed E-state index contributed by atoms with van der Waals surface area (Å²) in [7, 11) is 0. The molecule has 0 spiro atoms. The zero-order valence-electron chi connectivity index (χ0n) is 41.8.